The molecule has 4 heterocycles. The number of piperazine rings is 1. The van der Waals surface area contributed by atoms with Crippen LogP contribution >= 0.6 is 11.8 Å². The highest BCUT2D eigenvalue weighted by Crippen LogP contribution is 2.35. The van der Waals surface area contributed by atoms with E-state index in [1.54, 1.807) is 17.3 Å². The van der Waals surface area contributed by atoms with Crippen molar-refractivity contribution in [3.05, 3.63) is 59.4 Å². The molecule has 322 valence electrons. The highest BCUT2D eigenvalue weighted by molar-refractivity contribution is 7.99. The first-order chi connectivity index (χ1) is 29.4. The quantitative estimate of drug-likeness (QED) is 0.0174. The molecule has 2 aromatic heterocycles. The molecule has 5 rings (SSSR count). The van der Waals surface area contributed by atoms with E-state index in [1.807, 2.05) is 30.3 Å². The summed E-state index contributed by atoms with van der Waals surface area (Å²) in [6.07, 6.45) is 9.30. The molecule has 1 aromatic carbocycles. The largest absolute Gasteiger partial charge is 0.494 e. The second-order valence-corrected chi connectivity index (χ2v) is 15.1. The number of hydrogen-bond acceptors (Lipinski definition) is 13. The van der Waals surface area contributed by atoms with Gasteiger partial charge in [0.05, 0.1) is 94.2 Å². The van der Waals surface area contributed by atoms with E-state index in [2.05, 4.69) is 42.1 Å². The van der Waals surface area contributed by atoms with Crippen molar-refractivity contribution in [2.24, 2.45) is 10.7 Å². The maximum atomic E-state index is 13.6. The van der Waals surface area contributed by atoms with Gasteiger partial charge in [-0.25, -0.2) is 4.98 Å². The third-order valence-corrected chi connectivity index (χ3v) is 11.1. The van der Waals surface area contributed by atoms with Crippen molar-refractivity contribution >= 4 is 45.9 Å². The van der Waals surface area contributed by atoms with Crippen LogP contribution in [0.25, 0.3) is 16.5 Å². The fourth-order valence-electron chi connectivity index (χ4n) is 6.89. The summed E-state index contributed by atoms with van der Waals surface area (Å²) in [7, 11) is 1.51. The smallest absolute Gasteiger partial charge is 0.295 e. The first-order valence-corrected chi connectivity index (χ1v) is 21.3. The summed E-state index contributed by atoms with van der Waals surface area (Å²) in [5, 5.41) is 14.2. The molecule has 3 aromatic rings. The highest BCUT2D eigenvalue weighted by Gasteiger charge is 2.30. The van der Waals surface area contributed by atoms with E-state index >= 15 is 0 Å². The number of carbonyl (C=O) groups excluding carboxylic acids is 2. The maximum Gasteiger partial charge on any atom is 0.295 e. The van der Waals surface area contributed by atoms with Gasteiger partial charge in [-0.3, -0.25) is 24.4 Å². The minimum atomic E-state index is -0.619. The third-order valence-electron chi connectivity index (χ3n) is 10.1. The number of fused-ring (bicyclic) bond motifs is 1. The van der Waals surface area contributed by atoms with Crippen LogP contribution in [0.15, 0.2) is 58.3 Å². The summed E-state index contributed by atoms with van der Waals surface area (Å²) >= 11 is 1.49. The van der Waals surface area contributed by atoms with Gasteiger partial charge in [0.2, 0.25) is 0 Å². The Morgan fingerprint density at radius 1 is 0.950 bits per heavy atom. The number of terminal acetylenes is 1. The van der Waals surface area contributed by atoms with Gasteiger partial charge < -0.3 is 44.6 Å². The number of Topliss-reactive ketones (excluding diaryl/α,β-unsaturated/α-hetero) is 1. The number of thioether (sulfide) groups is 1. The summed E-state index contributed by atoms with van der Waals surface area (Å²) in [5.41, 5.74) is 9.52. The minimum absolute atomic E-state index is 0.236. The lowest BCUT2D eigenvalue weighted by Crippen LogP contribution is -2.48. The summed E-state index contributed by atoms with van der Waals surface area (Å²) in [4.78, 5) is 45.7. The van der Waals surface area contributed by atoms with Crippen LogP contribution in [0.4, 0.5) is 0 Å². The molecule has 4 N–H and O–H groups in total. The average molecular weight is 844 g/mol. The van der Waals surface area contributed by atoms with E-state index in [1.165, 1.54) is 18.9 Å². The van der Waals surface area contributed by atoms with Gasteiger partial charge in [-0.1, -0.05) is 36.3 Å². The van der Waals surface area contributed by atoms with E-state index in [9.17, 15) is 14.9 Å². The van der Waals surface area contributed by atoms with Crippen molar-refractivity contribution in [1.82, 2.24) is 30.0 Å². The molecule has 0 bridgehead atoms. The number of nitrogens with zero attached hydrogens (tertiary/aromatic N) is 6. The molecule has 2 saturated heterocycles. The lowest BCUT2D eigenvalue weighted by atomic mass is 9.93. The molecular weight excluding hydrogens is 787 g/mol. The Balaban J connectivity index is 0.967. The standard InChI is InChI=1S/C43H57N9O7S/c1-3-21-56-23-25-58-27-28-59-26-24-57-22-20-51-18-16-50(17-19-51)15-11-46-43(45)47-12-29-60-41-39-38(37(55-2)32-49-41)36(31-48-39)40(53)42(54)52-13-9-34(10-14-52)35(30-44)33-7-5-4-6-8-33/h1,4-8,31-32,48H,9-29H2,2H3,(H3,45,46,47). The van der Waals surface area contributed by atoms with Crippen molar-refractivity contribution in [1.29, 1.82) is 5.26 Å². The van der Waals surface area contributed by atoms with Gasteiger partial charge in [0.25, 0.3) is 11.7 Å². The Kier molecular flexibility index (Phi) is 19.7. The zero-order chi connectivity index (χ0) is 42.4. The van der Waals surface area contributed by atoms with Crippen LogP contribution in [0.5, 0.6) is 5.75 Å². The molecule has 0 aliphatic carbocycles. The Bertz CT molecular complexity index is 1960. The number of aliphatic imine (C=N–C) groups is 1. The number of ketones is 1. The van der Waals surface area contributed by atoms with Crippen molar-refractivity contribution in [2.45, 2.75) is 17.9 Å². The molecule has 0 atom stereocenters. The molecule has 1 amide bonds. The molecule has 2 aliphatic rings. The minimum Gasteiger partial charge on any atom is -0.494 e. The molecule has 2 aliphatic heterocycles. The van der Waals surface area contributed by atoms with Gasteiger partial charge in [-0.15, -0.1) is 18.2 Å². The Hall–Kier alpha value is -4.98. The number of hydrogen-bond donors (Lipinski definition) is 3. The van der Waals surface area contributed by atoms with E-state index in [-0.39, 0.29) is 5.56 Å². The number of carbonyl (C=O) groups is 2. The summed E-state index contributed by atoms with van der Waals surface area (Å²) in [5.74, 6) is 2.63. The second-order valence-electron chi connectivity index (χ2n) is 14.0. The Labute approximate surface area is 356 Å². The van der Waals surface area contributed by atoms with Gasteiger partial charge in [0.1, 0.15) is 17.4 Å². The zero-order valence-corrected chi connectivity index (χ0v) is 35.3. The first kappa shape index (κ1) is 46.1. The second kappa shape index (κ2) is 25.6. The first-order valence-electron chi connectivity index (χ1n) is 20.3. The van der Waals surface area contributed by atoms with Crippen molar-refractivity contribution in [3.8, 4) is 24.2 Å². The molecule has 0 spiro atoms. The number of methoxy groups -OCH3 is 1. The number of aromatic amines is 1. The number of allylic oxidation sites excluding steroid dienone is 1. The molecule has 2 fully saturated rings. The van der Waals surface area contributed by atoms with Crippen molar-refractivity contribution in [2.75, 3.05) is 131 Å². The number of benzene rings is 1. The number of H-pyrrole nitrogens is 1. The number of nitrogens with two attached hydrogens (primary N) is 1. The average Bonchev–Trinajstić information content (AvgIpc) is 3.73. The van der Waals surface area contributed by atoms with Crippen LogP contribution in [-0.4, -0.2) is 173 Å². The van der Waals surface area contributed by atoms with Crippen molar-refractivity contribution in [3.63, 3.8) is 0 Å². The number of piperidine rings is 1. The van der Waals surface area contributed by atoms with Crippen LogP contribution in [0, 0.1) is 23.7 Å². The van der Waals surface area contributed by atoms with Crippen LogP contribution < -0.4 is 15.8 Å². The summed E-state index contributed by atoms with van der Waals surface area (Å²) in [6, 6.07) is 11.9. The maximum absolute atomic E-state index is 13.6. The number of amides is 1. The van der Waals surface area contributed by atoms with E-state index in [4.69, 9.17) is 35.8 Å². The third kappa shape index (κ3) is 14.1. The number of aromatic nitrogens is 2. The normalized spacial score (nSPS) is 15.2. The molecule has 17 heteroatoms. The zero-order valence-electron chi connectivity index (χ0n) is 34.5. The van der Waals surface area contributed by atoms with Crippen LogP contribution in [0.3, 0.4) is 0 Å². The van der Waals surface area contributed by atoms with Crippen LogP contribution in [0.2, 0.25) is 0 Å². The number of nitrogens with one attached hydrogen (secondary N) is 2. The molecule has 0 radical (unpaired) electrons. The van der Waals surface area contributed by atoms with Gasteiger partial charge in [0.15, 0.2) is 5.96 Å². The van der Waals surface area contributed by atoms with Crippen molar-refractivity contribution < 1.29 is 33.3 Å². The summed E-state index contributed by atoms with van der Waals surface area (Å²) in [6.45, 7) is 11.6. The lowest BCUT2D eigenvalue weighted by molar-refractivity contribution is -0.126. The van der Waals surface area contributed by atoms with Gasteiger partial charge in [-0.05, 0) is 24.0 Å². The fourth-order valence-corrected chi connectivity index (χ4v) is 7.72. The van der Waals surface area contributed by atoms with Crippen LogP contribution in [-0.2, 0) is 23.7 Å². The van der Waals surface area contributed by atoms with Gasteiger partial charge in [-0.2, -0.15) is 5.26 Å². The fraction of sp³-hybridized carbons (Fsp3) is 0.512. The predicted octanol–water partition coefficient (Wildman–Crippen LogP) is 2.67. The summed E-state index contributed by atoms with van der Waals surface area (Å²) < 4.78 is 27.4. The highest BCUT2D eigenvalue weighted by atomic mass is 32.2. The van der Waals surface area contributed by atoms with Crippen LogP contribution in [0.1, 0.15) is 28.8 Å². The molecule has 16 nitrogen and oxygen atoms in total. The van der Waals surface area contributed by atoms with Gasteiger partial charge >= 0.3 is 0 Å². The number of rotatable bonds is 24. The van der Waals surface area contributed by atoms with Gasteiger partial charge in [0, 0.05) is 70.9 Å². The number of likely N-dealkylation sites (tertiary alicyclic amines) is 1. The molecule has 0 saturated carbocycles. The monoisotopic (exact) mass is 843 g/mol. The Morgan fingerprint density at radius 2 is 1.60 bits per heavy atom. The SMILES string of the molecule is C#CCOCCOCCOCCOCCN1CCN(CCN=C(N)NCCSc2ncc(OC)c3c(C(=O)C(=O)N4CCC(=C(C#N)c5ccccc5)CC4)c[nH]c23)CC1. The van der Waals surface area contributed by atoms with E-state index in [0.717, 1.165) is 50.4 Å². The molecular formula is C43H57N9O7S. The number of pyridine rings is 1. The predicted molar refractivity (Wildman–Crippen MR) is 232 cm³/mol. The number of ether oxygens (including phenoxy) is 5. The molecule has 0 unspecified atom stereocenters. The van der Waals surface area contributed by atoms with E-state index in [0.29, 0.717) is 131 Å². The molecule has 60 heavy (non-hydrogen) atoms. The van der Waals surface area contributed by atoms with E-state index < -0.39 is 11.7 Å². The number of guanidine groups is 1. The Morgan fingerprint density at radius 3 is 2.25 bits per heavy atom. The number of nitriles is 1. The lowest BCUT2D eigenvalue weighted by Gasteiger charge is -2.34. The topological polar surface area (TPSA) is 193 Å².